The van der Waals surface area contributed by atoms with E-state index >= 15 is 0 Å². The van der Waals surface area contributed by atoms with E-state index in [1.807, 2.05) is 0 Å². The van der Waals surface area contributed by atoms with E-state index in [1.54, 1.807) is 12.1 Å². The van der Waals surface area contributed by atoms with Crippen LogP contribution in [0, 0.1) is 0 Å². The molecule has 6 heteroatoms. The summed E-state index contributed by atoms with van der Waals surface area (Å²) in [5, 5.41) is 3.06. The van der Waals surface area contributed by atoms with Crippen molar-refractivity contribution in [3.05, 3.63) is 23.1 Å². The molecule has 1 saturated heterocycles. The van der Waals surface area contributed by atoms with Gasteiger partial charge in [-0.15, -0.1) is 0 Å². The van der Waals surface area contributed by atoms with Crippen molar-refractivity contribution in [3.63, 3.8) is 0 Å². The maximum atomic E-state index is 11.7. The number of amides is 1. The highest BCUT2D eigenvalue weighted by molar-refractivity contribution is 6.29. The van der Waals surface area contributed by atoms with Gasteiger partial charge in [-0.25, -0.2) is 0 Å². The summed E-state index contributed by atoms with van der Waals surface area (Å²) >= 11 is 5.62. The third-order valence-electron chi connectivity index (χ3n) is 3.02. The topological polar surface area (TPSA) is 54.7 Å². The van der Waals surface area contributed by atoms with Crippen molar-refractivity contribution in [2.24, 2.45) is 0 Å². The Kier molecular flexibility index (Phi) is 4.63. The van der Waals surface area contributed by atoms with Gasteiger partial charge in [0.05, 0.1) is 13.2 Å². The molecular formula is C12H17ClN2O3. The van der Waals surface area contributed by atoms with E-state index in [0.29, 0.717) is 6.54 Å². The molecule has 1 amide bonds. The SMILES string of the molecule is C[C@H](CNC(=O)c1ccc(Cl)o1)N1CCOCC1. The maximum Gasteiger partial charge on any atom is 0.287 e. The summed E-state index contributed by atoms with van der Waals surface area (Å²) < 4.78 is 10.3. The molecule has 0 aliphatic carbocycles. The number of ether oxygens (including phenoxy) is 1. The fraction of sp³-hybridized carbons (Fsp3) is 0.583. The lowest BCUT2D eigenvalue weighted by Crippen LogP contribution is -2.47. The lowest BCUT2D eigenvalue weighted by Gasteiger charge is -2.32. The molecule has 1 atom stereocenters. The van der Waals surface area contributed by atoms with Crippen LogP contribution in [-0.2, 0) is 4.74 Å². The van der Waals surface area contributed by atoms with Gasteiger partial charge >= 0.3 is 0 Å². The molecule has 0 saturated carbocycles. The van der Waals surface area contributed by atoms with Crippen molar-refractivity contribution < 1.29 is 13.9 Å². The molecule has 1 aromatic heterocycles. The van der Waals surface area contributed by atoms with E-state index in [0.717, 1.165) is 26.3 Å². The maximum absolute atomic E-state index is 11.7. The fourth-order valence-corrected chi connectivity index (χ4v) is 2.06. The number of morpholine rings is 1. The Morgan fingerprint density at radius 2 is 2.22 bits per heavy atom. The third kappa shape index (κ3) is 3.48. The number of hydrogen-bond donors (Lipinski definition) is 1. The van der Waals surface area contributed by atoms with Crippen molar-refractivity contribution in [1.82, 2.24) is 10.2 Å². The molecule has 100 valence electrons. The first-order chi connectivity index (χ1) is 8.66. The summed E-state index contributed by atoms with van der Waals surface area (Å²) in [5.74, 6) is 0.0104. The Hall–Kier alpha value is -1.04. The summed E-state index contributed by atoms with van der Waals surface area (Å²) in [4.78, 5) is 14.0. The van der Waals surface area contributed by atoms with Crippen molar-refractivity contribution in [1.29, 1.82) is 0 Å². The van der Waals surface area contributed by atoms with Crippen LogP contribution in [0.4, 0.5) is 0 Å². The molecule has 18 heavy (non-hydrogen) atoms. The van der Waals surface area contributed by atoms with Gasteiger partial charge in [0, 0.05) is 25.7 Å². The van der Waals surface area contributed by atoms with Crippen LogP contribution in [-0.4, -0.2) is 49.7 Å². The zero-order chi connectivity index (χ0) is 13.0. The molecule has 0 aromatic carbocycles. The van der Waals surface area contributed by atoms with Crippen molar-refractivity contribution in [3.8, 4) is 0 Å². The van der Waals surface area contributed by atoms with E-state index in [1.165, 1.54) is 0 Å². The normalized spacial score (nSPS) is 18.6. The van der Waals surface area contributed by atoms with Gasteiger partial charge in [-0.3, -0.25) is 9.69 Å². The van der Waals surface area contributed by atoms with Gasteiger partial charge in [0.1, 0.15) is 0 Å². The zero-order valence-electron chi connectivity index (χ0n) is 10.3. The minimum Gasteiger partial charge on any atom is -0.440 e. The average Bonchev–Trinajstić information content (AvgIpc) is 2.83. The molecule has 1 aromatic rings. The molecule has 1 N–H and O–H groups in total. The molecule has 1 aliphatic heterocycles. The van der Waals surface area contributed by atoms with Crippen LogP contribution < -0.4 is 5.32 Å². The van der Waals surface area contributed by atoms with Gasteiger partial charge in [-0.05, 0) is 30.7 Å². The predicted octanol–water partition coefficient (Wildman–Crippen LogP) is 1.38. The van der Waals surface area contributed by atoms with Crippen LogP contribution in [0.15, 0.2) is 16.5 Å². The van der Waals surface area contributed by atoms with Gasteiger partial charge < -0.3 is 14.5 Å². The second kappa shape index (κ2) is 6.22. The highest BCUT2D eigenvalue weighted by Crippen LogP contribution is 2.12. The van der Waals surface area contributed by atoms with Gasteiger partial charge in [0.25, 0.3) is 5.91 Å². The number of hydrogen-bond acceptors (Lipinski definition) is 4. The minimum atomic E-state index is -0.234. The van der Waals surface area contributed by atoms with E-state index in [2.05, 4.69) is 17.1 Å². The van der Waals surface area contributed by atoms with Gasteiger partial charge in [-0.2, -0.15) is 0 Å². The predicted molar refractivity (Wildman–Crippen MR) is 67.9 cm³/mol. The van der Waals surface area contributed by atoms with E-state index in [9.17, 15) is 4.79 Å². The fourth-order valence-electron chi connectivity index (χ4n) is 1.91. The molecule has 1 fully saturated rings. The van der Waals surface area contributed by atoms with Crippen LogP contribution in [0.25, 0.3) is 0 Å². The number of carbonyl (C=O) groups excluding carboxylic acids is 1. The number of nitrogens with one attached hydrogen (secondary N) is 1. The third-order valence-corrected chi connectivity index (χ3v) is 3.23. The number of furan rings is 1. The lowest BCUT2D eigenvalue weighted by atomic mass is 10.2. The Morgan fingerprint density at radius 1 is 1.50 bits per heavy atom. The molecule has 0 unspecified atom stereocenters. The first kappa shape index (κ1) is 13.4. The summed E-state index contributed by atoms with van der Waals surface area (Å²) in [6.45, 7) is 5.99. The molecule has 2 rings (SSSR count). The Morgan fingerprint density at radius 3 is 2.83 bits per heavy atom. The van der Waals surface area contributed by atoms with E-state index in [4.69, 9.17) is 20.8 Å². The van der Waals surface area contributed by atoms with Crippen LogP contribution in [0.5, 0.6) is 0 Å². The lowest BCUT2D eigenvalue weighted by molar-refractivity contribution is 0.0203. The van der Waals surface area contributed by atoms with Gasteiger partial charge in [0.2, 0.25) is 0 Å². The second-order valence-electron chi connectivity index (χ2n) is 4.31. The van der Waals surface area contributed by atoms with Crippen LogP contribution in [0.1, 0.15) is 17.5 Å². The Balaban J connectivity index is 1.78. The number of carbonyl (C=O) groups is 1. The summed E-state index contributed by atoms with van der Waals surface area (Å²) in [7, 11) is 0. The molecule has 2 heterocycles. The van der Waals surface area contributed by atoms with E-state index < -0.39 is 0 Å². The summed E-state index contributed by atoms with van der Waals surface area (Å²) in [6.07, 6.45) is 0. The second-order valence-corrected chi connectivity index (χ2v) is 4.68. The average molecular weight is 273 g/mol. The van der Waals surface area contributed by atoms with Crippen LogP contribution >= 0.6 is 11.6 Å². The molecular weight excluding hydrogens is 256 g/mol. The highest BCUT2D eigenvalue weighted by Gasteiger charge is 2.18. The quantitative estimate of drug-likeness (QED) is 0.900. The standard InChI is InChI=1S/C12H17ClN2O3/c1-9(15-4-6-17-7-5-15)8-14-12(16)10-2-3-11(13)18-10/h2-3,9H,4-8H2,1H3,(H,14,16)/t9-/m1/s1. The van der Waals surface area contributed by atoms with E-state index in [-0.39, 0.29) is 22.9 Å². The van der Waals surface area contributed by atoms with Crippen LogP contribution in [0.3, 0.4) is 0 Å². The van der Waals surface area contributed by atoms with Crippen molar-refractivity contribution >= 4 is 17.5 Å². The molecule has 1 aliphatic rings. The highest BCUT2D eigenvalue weighted by atomic mass is 35.5. The first-order valence-electron chi connectivity index (χ1n) is 6.02. The monoisotopic (exact) mass is 272 g/mol. The van der Waals surface area contributed by atoms with Crippen molar-refractivity contribution in [2.45, 2.75) is 13.0 Å². The Labute approximate surface area is 111 Å². The van der Waals surface area contributed by atoms with Gasteiger partial charge in [0.15, 0.2) is 11.0 Å². The van der Waals surface area contributed by atoms with Crippen molar-refractivity contribution in [2.75, 3.05) is 32.8 Å². The molecule has 0 radical (unpaired) electrons. The minimum absolute atomic E-state index is 0.223. The summed E-state index contributed by atoms with van der Waals surface area (Å²) in [5.41, 5.74) is 0. The van der Waals surface area contributed by atoms with Crippen LogP contribution in [0.2, 0.25) is 5.22 Å². The Bertz CT molecular complexity index is 402. The summed E-state index contributed by atoms with van der Waals surface area (Å²) in [6, 6.07) is 3.40. The first-order valence-corrected chi connectivity index (χ1v) is 6.40. The number of halogens is 1. The number of nitrogens with zero attached hydrogens (tertiary/aromatic N) is 1. The number of rotatable bonds is 4. The molecule has 0 spiro atoms. The van der Waals surface area contributed by atoms with Gasteiger partial charge in [-0.1, -0.05) is 0 Å². The smallest absolute Gasteiger partial charge is 0.287 e. The molecule has 5 nitrogen and oxygen atoms in total. The largest absolute Gasteiger partial charge is 0.440 e. The molecule has 0 bridgehead atoms. The zero-order valence-corrected chi connectivity index (χ0v) is 11.1.